The highest BCUT2D eigenvalue weighted by molar-refractivity contribution is 5.67. The van der Waals surface area contributed by atoms with E-state index < -0.39 is 5.82 Å². The number of methoxy groups -OCH3 is 1. The number of hydrogen-bond donors (Lipinski definition) is 2. The summed E-state index contributed by atoms with van der Waals surface area (Å²) >= 11 is 0. The van der Waals surface area contributed by atoms with Crippen molar-refractivity contribution in [3.05, 3.63) is 47.8 Å². The summed E-state index contributed by atoms with van der Waals surface area (Å²) in [6.07, 6.45) is 0. The average molecular weight is 246 g/mol. The zero-order valence-electron chi connectivity index (χ0n) is 10.3. The van der Waals surface area contributed by atoms with E-state index >= 15 is 0 Å². The lowest BCUT2D eigenvalue weighted by Crippen LogP contribution is -1.96. The average Bonchev–Trinajstić information content (AvgIpc) is 2.34. The molecule has 0 spiro atoms. The summed E-state index contributed by atoms with van der Waals surface area (Å²) in [7, 11) is 1.44. The van der Waals surface area contributed by atoms with Gasteiger partial charge < -0.3 is 15.8 Å². The first-order chi connectivity index (χ1) is 8.60. The zero-order chi connectivity index (χ0) is 13.1. The van der Waals surface area contributed by atoms with Crippen LogP contribution in [-0.2, 0) is 0 Å². The lowest BCUT2D eigenvalue weighted by atomic mass is 10.1. The highest BCUT2D eigenvalue weighted by Crippen LogP contribution is 2.26. The van der Waals surface area contributed by atoms with Crippen LogP contribution in [-0.4, -0.2) is 7.11 Å². The number of nitrogen functional groups attached to an aromatic ring is 1. The fourth-order valence-corrected chi connectivity index (χ4v) is 1.67. The minimum absolute atomic E-state index is 0.227. The predicted octanol–water partition coefficient (Wildman–Crippen LogP) is 3.47. The van der Waals surface area contributed by atoms with Crippen LogP contribution in [0.25, 0.3) is 0 Å². The van der Waals surface area contributed by atoms with Crippen LogP contribution in [0.3, 0.4) is 0 Å². The lowest BCUT2D eigenvalue weighted by Gasteiger charge is -2.11. The molecule has 0 aliphatic carbocycles. The number of rotatable bonds is 3. The van der Waals surface area contributed by atoms with Crippen molar-refractivity contribution in [2.24, 2.45) is 0 Å². The van der Waals surface area contributed by atoms with Gasteiger partial charge in [0.15, 0.2) is 11.6 Å². The Bertz CT molecular complexity index is 570. The van der Waals surface area contributed by atoms with E-state index in [0.29, 0.717) is 11.4 Å². The van der Waals surface area contributed by atoms with Gasteiger partial charge in [-0.25, -0.2) is 4.39 Å². The van der Waals surface area contributed by atoms with E-state index in [1.165, 1.54) is 13.2 Å². The van der Waals surface area contributed by atoms with Gasteiger partial charge in [0.2, 0.25) is 0 Å². The van der Waals surface area contributed by atoms with Crippen molar-refractivity contribution < 1.29 is 9.13 Å². The van der Waals surface area contributed by atoms with Gasteiger partial charge in [-0.15, -0.1) is 0 Å². The van der Waals surface area contributed by atoms with Gasteiger partial charge in [0, 0.05) is 23.1 Å². The Kier molecular flexibility index (Phi) is 3.37. The second kappa shape index (κ2) is 4.96. The summed E-state index contributed by atoms with van der Waals surface area (Å²) in [6.45, 7) is 1.96. The molecule has 0 aliphatic heterocycles. The van der Waals surface area contributed by atoms with Crippen LogP contribution in [0.4, 0.5) is 21.5 Å². The smallest absolute Gasteiger partial charge is 0.167 e. The van der Waals surface area contributed by atoms with Gasteiger partial charge in [-0.1, -0.05) is 6.07 Å². The first kappa shape index (κ1) is 12.2. The van der Waals surface area contributed by atoms with Gasteiger partial charge in [-0.05, 0) is 36.8 Å². The van der Waals surface area contributed by atoms with Gasteiger partial charge in [0.25, 0.3) is 0 Å². The fraction of sp³-hybridized carbons (Fsp3) is 0.143. The molecule has 0 aliphatic rings. The van der Waals surface area contributed by atoms with Crippen molar-refractivity contribution in [3.8, 4) is 5.75 Å². The number of nitrogens with two attached hydrogens (primary N) is 1. The van der Waals surface area contributed by atoms with E-state index in [-0.39, 0.29) is 5.75 Å². The molecule has 0 fully saturated rings. The second-order valence-corrected chi connectivity index (χ2v) is 4.05. The first-order valence-corrected chi connectivity index (χ1v) is 5.57. The topological polar surface area (TPSA) is 47.3 Å². The van der Waals surface area contributed by atoms with Crippen LogP contribution in [0.1, 0.15) is 5.56 Å². The molecule has 0 atom stereocenters. The molecule has 0 unspecified atom stereocenters. The first-order valence-electron chi connectivity index (χ1n) is 5.57. The third-order valence-corrected chi connectivity index (χ3v) is 2.69. The molecule has 94 valence electrons. The third-order valence-electron chi connectivity index (χ3n) is 2.69. The molecule has 18 heavy (non-hydrogen) atoms. The van der Waals surface area contributed by atoms with Gasteiger partial charge in [0.05, 0.1) is 7.11 Å². The van der Waals surface area contributed by atoms with E-state index in [0.717, 1.165) is 11.3 Å². The van der Waals surface area contributed by atoms with Crippen molar-refractivity contribution in [1.82, 2.24) is 0 Å². The molecule has 2 rings (SSSR count). The quantitative estimate of drug-likeness (QED) is 0.815. The number of anilines is 3. The van der Waals surface area contributed by atoms with Crippen molar-refractivity contribution in [1.29, 1.82) is 0 Å². The Morgan fingerprint density at radius 2 is 1.94 bits per heavy atom. The van der Waals surface area contributed by atoms with Gasteiger partial charge in [-0.3, -0.25) is 0 Å². The number of hydrogen-bond acceptors (Lipinski definition) is 3. The molecule has 0 heterocycles. The van der Waals surface area contributed by atoms with Crippen LogP contribution >= 0.6 is 0 Å². The van der Waals surface area contributed by atoms with Crippen molar-refractivity contribution in [2.45, 2.75) is 6.92 Å². The third kappa shape index (κ3) is 2.53. The Balaban J connectivity index is 2.28. The molecule has 0 aromatic heterocycles. The van der Waals surface area contributed by atoms with Crippen LogP contribution in [0.5, 0.6) is 5.75 Å². The maximum absolute atomic E-state index is 13.5. The SMILES string of the molecule is COc1ccc(Nc2cc(N)ccc2C)cc1F. The monoisotopic (exact) mass is 246 g/mol. The Hall–Kier alpha value is -2.23. The zero-order valence-corrected chi connectivity index (χ0v) is 10.3. The minimum Gasteiger partial charge on any atom is -0.494 e. The van der Waals surface area contributed by atoms with Gasteiger partial charge in [-0.2, -0.15) is 0 Å². The molecule has 2 aromatic rings. The number of nitrogens with one attached hydrogen (secondary N) is 1. The summed E-state index contributed by atoms with van der Waals surface area (Å²) < 4.78 is 18.4. The van der Waals surface area contributed by atoms with Gasteiger partial charge in [0.1, 0.15) is 0 Å². The molecular weight excluding hydrogens is 231 g/mol. The number of ether oxygens (including phenoxy) is 1. The molecule has 0 bridgehead atoms. The van der Waals surface area contributed by atoms with E-state index in [4.69, 9.17) is 10.5 Å². The Labute approximate surface area is 105 Å². The standard InChI is InChI=1S/C14H15FN2O/c1-9-3-4-10(16)7-13(9)17-11-5-6-14(18-2)12(15)8-11/h3-8,17H,16H2,1-2H3. The van der Waals surface area contributed by atoms with Crippen LogP contribution in [0.15, 0.2) is 36.4 Å². The molecule has 3 N–H and O–H groups in total. The van der Waals surface area contributed by atoms with Crippen LogP contribution in [0.2, 0.25) is 0 Å². The summed E-state index contributed by atoms with van der Waals surface area (Å²) in [5.74, 6) is -0.172. The highest BCUT2D eigenvalue weighted by atomic mass is 19.1. The second-order valence-electron chi connectivity index (χ2n) is 4.05. The summed E-state index contributed by atoms with van der Waals surface area (Å²) in [4.78, 5) is 0. The molecule has 0 amide bonds. The van der Waals surface area contributed by atoms with Crippen LogP contribution in [0, 0.1) is 12.7 Å². The maximum Gasteiger partial charge on any atom is 0.167 e. The van der Waals surface area contributed by atoms with E-state index in [9.17, 15) is 4.39 Å². The van der Waals surface area contributed by atoms with Gasteiger partial charge >= 0.3 is 0 Å². The molecule has 0 radical (unpaired) electrons. The molecule has 0 saturated carbocycles. The normalized spacial score (nSPS) is 10.2. The van der Waals surface area contributed by atoms with Crippen LogP contribution < -0.4 is 15.8 Å². The predicted molar refractivity (Wildman–Crippen MR) is 71.8 cm³/mol. The Morgan fingerprint density at radius 1 is 1.17 bits per heavy atom. The summed E-state index contributed by atoms with van der Waals surface area (Å²) in [5.41, 5.74) is 8.94. The molecule has 0 saturated heterocycles. The highest BCUT2D eigenvalue weighted by Gasteiger charge is 2.05. The van der Waals surface area contributed by atoms with Crippen molar-refractivity contribution in [2.75, 3.05) is 18.2 Å². The Morgan fingerprint density at radius 3 is 2.61 bits per heavy atom. The van der Waals surface area contributed by atoms with Crippen molar-refractivity contribution in [3.63, 3.8) is 0 Å². The fourth-order valence-electron chi connectivity index (χ4n) is 1.67. The molecular formula is C14H15FN2O. The van der Waals surface area contributed by atoms with E-state index in [1.54, 1.807) is 12.1 Å². The largest absolute Gasteiger partial charge is 0.494 e. The summed E-state index contributed by atoms with van der Waals surface area (Å²) in [6, 6.07) is 10.3. The number of halogens is 1. The maximum atomic E-state index is 13.5. The number of aryl methyl sites for hydroxylation is 1. The van der Waals surface area contributed by atoms with E-state index in [2.05, 4.69) is 5.32 Å². The molecule has 3 nitrogen and oxygen atoms in total. The lowest BCUT2D eigenvalue weighted by molar-refractivity contribution is 0.386. The molecule has 4 heteroatoms. The van der Waals surface area contributed by atoms with Crippen molar-refractivity contribution >= 4 is 17.1 Å². The molecule has 2 aromatic carbocycles. The van der Waals surface area contributed by atoms with E-state index in [1.807, 2.05) is 25.1 Å². The number of benzene rings is 2. The summed E-state index contributed by atoms with van der Waals surface area (Å²) in [5, 5.41) is 3.13. The minimum atomic E-state index is -0.399.